The molecule has 0 spiro atoms. The van der Waals surface area contributed by atoms with Crippen LogP contribution in [0.3, 0.4) is 0 Å². The second-order valence-electron chi connectivity index (χ2n) is 7.62. The second kappa shape index (κ2) is 8.86. The van der Waals surface area contributed by atoms with E-state index < -0.39 is 17.7 Å². The molecule has 4 rings (SSSR count). The number of nitrogens with one attached hydrogen (secondary N) is 1. The topological polar surface area (TPSA) is 80.0 Å². The molecule has 0 bridgehead atoms. The number of hydrogen-bond donors (Lipinski definition) is 2. The number of allylic oxidation sites excluding steroid dienone is 1. The van der Waals surface area contributed by atoms with Gasteiger partial charge in [-0.2, -0.15) is 13.2 Å². The van der Waals surface area contributed by atoms with Gasteiger partial charge >= 0.3 is 12.1 Å². The van der Waals surface area contributed by atoms with Crippen LogP contribution >= 0.6 is 0 Å². The Balaban J connectivity index is 1.42. The molecule has 0 saturated heterocycles. The van der Waals surface area contributed by atoms with Crippen molar-refractivity contribution in [2.75, 3.05) is 0 Å². The lowest BCUT2D eigenvalue weighted by molar-refractivity contribution is -0.137. The van der Waals surface area contributed by atoms with Gasteiger partial charge in [-0.25, -0.2) is 4.79 Å². The lowest BCUT2D eigenvalue weighted by Crippen LogP contribution is -2.18. The maximum atomic E-state index is 12.7. The van der Waals surface area contributed by atoms with Crippen molar-refractivity contribution in [1.29, 1.82) is 0 Å². The Morgan fingerprint density at radius 1 is 1.03 bits per heavy atom. The van der Waals surface area contributed by atoms with Crippen molar-refractivity contribution in [2.24, 2.45) is 0 Å². The molecule has 0 radical (unpaired) electrons. The van der Waals surface area contributed by atoms with Crippen LogP contribution < -0.4 is 5.32 Å². The monoisotopic (exact) mass is 442 g/mol. The third-order valence-corrected chi connectivity index (χ3v) is 5.48. The maximum absolute atomic E-state index is 12.7. The highest BCUT2D eigenvalue weighted by molar-refractivity contribution is 5.88. The fourth-order valence-corrected chi connectivity index (χ4v) is 3.76. The summed E-state index contributed by atoms with van der Waals surface area (Å²) < 4.78 is 40.1. The van der Waals surface area contributed by atoms with Crippen LogP contribution in [-0.2, 0) is 24.1 Å². The molecule has 1 aliphatic rings. The molecule has 32 heavy (non-hydrogen) atoms. The van der Waals surface area contributed by atoms with Crippen molar-refractivity contribution in [3.63, 3.8) is 0 Å². The highest BCUT2D eigenvalue weighted by atomic mass is 19.4. The van der Waals surface area contributed by atoms with Gasteiger partial charge in [0, 0.05) is 5.70 Å². The lowest BCUT2D eigenvalue weighted by Gasteiger charge is -2.11. The summed E-state index contributed by atoms with van der Waals surface area (Å²) in [4.78, 5) is 11.3. The van der Waals surface area contributed by atoms with E-state index in [-0.39, 0.29) is 0 Å². The number of carboxylic acids is 1. The lowest BCUT2D eigenvalue weighted by atomic mass is 10.0. The molecule has 0 unspecified atom stereocenters. The van der Waals surface area contributed by atoms with E-state index in [1.807, 2.05) is 28.8 Å². The van der Waals surface area contributed by atoms with Crippen molar-refractivity contribution in [3.8, 4) is 11.1 Å². The number of aromatic nitrogens is 3. The van der Waals surface area contributed by atoms with E-state index >= 15 is 0 Å². The number of nitrogens with zero attached hydrogens (tertiary/aromatic N) is 3. The third kappa shape index (κ3) is 4.82. The first-order valence-corrected chi connectivity index (χ1v) is 10.1. The van der Waals surface area contributed by atoms with Crippen molar-refractivity contribution in [2.45, 2.75) is 38.5 Å². The normalized spacial score (nSPS) is 14.1. The Morgan fingerprint density at radius 2 is 1.69 bits per heavy atom. The Kier molecular flexibility index (Phi) is 5.98. The molecule has 2 aromatic carbocycles. The molecule has 0 atom stereocenters. The van der Waals surface area contributed by atoms with Crippen LogP contribution in [0.5, 0.6) is 0 Å². The number of alkyl halides is 3. The van der Waals surface area contributed by atoms with Crippen molar-refractivity contribution in [3.05, 3.63) is 83.1 Å². The molecular formula is C23H21F3N4O2. The van der Waals surface area contributed by atoms with Gasteiger partial charge in [0.05, 0.1) is 24.2 Å². The minimum atomic E-state index is -4.35. The van der Waals surface area contributed by atoms with E-state index in [4.69, 9.17) is 0 Å². The van der Waals surface area contributed by atoms with E-state index in [1.54, 1.807) is 6.33 Å². The van der Waals surface area contributed by atoms with Gasteiger partial charge < -0.3 is 15.0 Å². The van der Waals surface area contributed by atoms with Gasteiger partial charge in [-0.05, 0) is 48.1 Å². The minimum Gasteiger partial charge on any atom is -0.478 e. The molecule has 1 aliphatic carbocycles. The minimum absolute atomic E-state index is 0.371. The summed E-state index contributed by atoms with van der Waals surface area (Å²) in [7, 11) is 0. The number of aliphatic carboxylic acids is 1. The molecule has 6 nitrogen and oxygen atoms in total. The summed E-state index contributed by atoms with van der Waals surface area (Å²) in [5.74, 6) is -0.208. The fraction of sp³-hybridized carbons (Fsp3) is 0.261. The fourth-order valence-electron chi connectivity index (χ4n) is 3.76. The number of carbonyl (C=O) groups is 1. The molecule has 9 heteroatoms. The van der Waals surface area contributed by atoms with Gasteiger partial charge in [-0.1, -0.05) is 36.4 Å². The van der Waals surface area contributed by atoms with Crippen molar-refractivity contribution < 1.29 is 23.1 Å². The molecule has 0 saturated carbocycles. The Hall–Kier alpha value is -3.62. The summed E-state index contributed by atoms with van der Waals surface area (Å²) in [5.41, 5.74) is 3.01. The third-order valence-electron chi connectivity index (χ3n) is 5.48. The standard InChI is InChI=1S/C23H21F3N4O2/c24-23(25,26)18-10-8-17(9-11-18)16-6-4-15(5-7-16)13-30-14-28-29-21(30)12-27-20-3-1-2-19(20)22(31)32/h4-11,14,27H,1-3,12-13H2,(H,31,32). The van der Waals surface area contributed by atoms with Gasteiger partial charge in [0.15, 0.2) is 5.82 Å². The zero-order valence-electron chi connectivity index (χ0n) is 17.1. The molecular weight excluding hydrogens is 421 g/mol. The first kappa shape index (κ1) is 21.6. The van der Waals surface area contributed by atoms with Crippen molar-refractivity contribution in [1.82, 2.24) is 20.1 Å². The number of carboxylic acid groups (broad SMARTS) is 1. The van der Waals surface area contributed by atoms with Gasteiger partial charge in [-0.15, -0.1) is 10.2 Å². The summed E-state index contributed by atoms with van der Waals surface area (Å²) in [6.07, 6.45) is -0.641. The van der Waals surface area contributed by atoms with Crippen LogP contribution in [0.4, 0.5) is 13.2 Å². The summed E-state index contributed by atoms with van der Waals surface area (Å²) in [6.45, 7) is 0.887. The predicted octanol–water partition coefficient (Wildman–Crippen LogP) is 4.62. The molecule has 2 N–H and O–H groups in total. The molecule has 1 heterocycles. The van der Waals surface area contributed by atoms with Crippen LogP contribution in [0.2, 0.25) is 0 Å². The first-order chi connectivity index (χ1) is 15.3. The number of hydrogen-bond acceptors (Lipinski definition) is 4. The SMILES string of the molecule is O=C(O)C1=C(NCc2nncn2Cc2ccc(-c3ccc(C(F)(F)F)cc3)cc2)CCC1. The summed E-state index contributed by atoms with van der Waals surface area (Å²) in [5, 5.41) is 20.5. The summed E-state index contributed by atoms with van der Waals surface area (Å²) >= 11 is 0. The van der Waals surface area contributed by atoms with Gasteiger partial charge in [0.25, 0.3) is 0 Å². The van der Waals surface area contributed by atoms with Gasteiger partial charge in [0.1, 0.15) is 6.33 Å². The Bertz CT molecular complexity index is 1130. The van der Waals surface area contributed by atoms with Crippen LogP contribution in [0, 0.1) is 0 Å². The van der Waals surface area contributed by atoms with Crippen LogP contribution in [0.25, 0.3) is 11.1 Å². The summed E-state index contributed by atoms with van der Waals surface area (Å²) in [6, 6.07) is 12.6. The maximum Gasteiger partial charge on any atom is 0.416 e. The van der Waals surface area contributed by atoms with E-state index in [9.17, 15) is 23.1 Å². The quantitative estimate of drug-likeness (QED) is 0.558. The predicted molar refractivity (Wildman–Crippen MR) is 111 cm³/mol. The van der Waals surface area contributed by atoms with E-state index in [2.05, 4.69) is 15.5 Å². The van der Waals surface area contributed by atoms with E-state index in [0.29, 0.717) is 42.9 Å². The highest BCUT2D eigenvalue weighted by Crippen LogP contribution is 2.31. The first-order valence-electron chi connectivity index (χ1n) is 10.1. The molecule has 1 aromatic heterocycles. The van der Waals surface area contributed by atoms with E-state index in [1.165, 1.54) is 12.1 Å². The zero-order valence-corrected chi connectivity index (χ0v) is 17.1. The average molecular weight is 442 g/mol. The largest absolute Gasteiger partial charge is 0.478 e. The molecule has 166 valence electrons. The molecule has 0 aliphatic heterocycles. The number of halogens is 3. The zero-order chi connectivity index (χ0) is 22.7. The number of rotatable bonds is 7. The van der Waals surface area contributed by atoms with Crippen LogP contribution in [-0.4, -0.2) is 25.8 Å². The Morgan fingerprint density at radius 3 is 2.31 bits per heavy atom. The van der Waals surface area contributed by atoms with E-state index in [0.717, 1.165) is 35.4 Å². The smallest absolute Gasteiger partial charge is 0.416 e. The van der Waals surface area contributed by atoms with Gasteiger partial charge in [0.2, 0.25) is 0 Å². The van der Waals surface area contributed by atoms with Crippen LogP contribution in [0.15, 0.2) is 66.1 Å². The second-order valence-corrected chi connectivity index (χ2v) is 7.62. The van der Waals surface area contributed by atoms with Gasteiger partial charge in [-0.3, -0.25) is 0 Å². The highest BCUT2D eigenvalue weighted by Gasteiger charge is 2.30. The molecule has 0 amide bonds. The van der Waals surface area contributed by atoms with Crippen molar-refractivity contribution >= 4 is 5.97 Å². The Labute approximate surface area is 182 Å². The molecule has 3 aromatic rings. The van der Waals surface area contributed by atoms with Crippen LogP contribution in [0.1, 0.15) is 36.2 Å². The number of benzene rings is 2. The molecule has 0 fully saturated rings. The average Bonchev–Trinajstić information content (AvgIpc) is 3.41.